The van der Waals surface area contributed by atoms with E-state index in [-0.39, 0.29) is 12.5 Å². The average molecular weight is 266 g/mol. The van der Waals surface area contributed by atoms with Crippen molar-refractivity contribution in [3.05, 3.63) is 18.2 Å². The zero-order valence-electron chi connectivity index (χ0n) is 10.7. The fraction of sp³-hybridized carbons (Fsp3) is 0.583. The van der Waals surface area contributed by atoms with Gasteiger partial charge >= 0.3 is 12.0 Å². The van der Waals surface area contributed by atoms with Gasteiger partial charge in [-0.25, -0.2) is 14.6 Å². The van der Waals surface area contributed by atoms with E-state index >= 15 is 0 Å². The van der Waals surface area contributed by atoms with Gasteiger partial charge in [0.2, 0.25) is 0 Å². The van der Waals surface area contributed by atoms with Gasteiger partial charge in [-0.3, -0.25) is 0 Å². The molecular formula is C12H18N4O3. The summed E-state index contributed by atoms with van der Waals surface area (Å²) in [6, 6.07) is -1.22. The molecule has 4 N–H and O–H groups in total. The number of aliphatic carboxylic acids is 1. The largest absolute Gasteiger partial charge is 0.480 e. The number of carbonyl (C=O) groups is 2. The molecule has 7 heteroatoms. The molecule has 1 aliphatic rings. The number of carboxylic acids is 1. The topological polar surface area (TPSA) is 107 Å². The first-order valence-electron chi connectivity index (χ1n) is 6.31. The van der Waals surface area contributed by atoms with Crippen molar-refractivity contribution in [2.75, 3.05) is 0 Å². The SMILES string of the molecule is CC1CC(NC(=O)NC(Cc2cnc[nH]2)C(=O)O)C1. The molecule has 7 nitrogen and oxygen atoms in total. The Balaban J connectivity index is 1.82. The Bertz CT molecular complexity index is 440. The molecule has 19 heavy (non-hydrogen) atoms. The molecule has 0 radical (unpaired) electrons. The Hall–Kier alpha value is -2.05. The summed E-state index contributed by atoms with van der Waals surface area (Å²) in [7, 11) is 0. The van der Waals surface area contributed by atoms with Crippen LogP contribution in [-0.2, 0) is 11.2 Å². The minimum atomic E-state index is -1.06. The maximum atomic E-state index is 11.7. The molecule has 0 aromatic carbocycles. The number of aromatic amines is 1. The van der Waals surface area contributed by atoms with Crippen LogP contribution >= 0.6 is 0 Å². The summed E-state index contributed by atoms with van der Waals surface area (Å²) in [6.07, 6.45) is 5.11. The number of H-pyrrole nitrogens is 1. The quantitative estimate of drug-likeness (QED) is 0.622. The second-order valence-corrected chi connectivity index (χ2v) is 5.06. The first-order chi connectivity index (χ1) is 9.04. The number of nitrogens with one attached hydrogen (secondary N) is 3. The van der Waals surface area contributed by atoms with Gasteiger partial charge in [0.05, 0.1) is 6.33 Å². The Morgan fingerprint density at radius 3 is 2.84 bits per heavy atom. The first kappa shape index (κ1) is 13.4. The minimum Gasteiger partial charge on any atom is -0.480 e. The molecule has 1 heterocycles. The van der Waals surface area contributed by atoms with Gasteiger partial charge in [-0.1, -0.05) is 6.92 Å². The summed E-state index contributed by atoms with van der Waals surface area (Å²) < 4.78 is 0. The lowest BCUT2D eigenvalue weighted by Gasteiger charge is -2.33. The summed E-state index contributed by atoms with van der Waals surface area (Å²) in [4.78, 5) is 29.4. The summed E-state index contributed by atoms with van der Waals surface area (Å²) in [5, 5.41) is 14.3. The Morgan fingerprint density at radius 1 is 1.58 bits per heavy atom. The molecule has 1 fully saturated rings. The van der Waals surface area contributed by atoms with E-state index in [0.29, 0.717) is 11.6 Å². The highest BCUT2D eigenvalue weighted by molar-refractivity contribution is 5.82. The number of carbonyl (C=O) groups excluding carboxylic acids is 1. The third-order valence-corrected chi connectivity index (χ3v) is 3.29. The lowest BCUT2D eigenvalue weighted by atomic mass is 9.82. The smallest absolute Gasteiger partial charge is 0.326 e. The molecule has 2 rings (SSSR count). The maximum absolute atomic E-state index is 11.7. The molecular weight excluding hydrogens is 248 g/mol. The monoisotopic (exact) mass is 266 g/mol. The van der Waals surface area contributed by atoms with Gasteiger partial charge in [-0.2, -0.15) is 0 Å². The van der Waals surface area contributed by atoms with Crippen LogP contribution in [0.3, 0.4) is 0 Å². The number of amides is 2. The number of carboxylic acid groups (broad SMARTS) is 1. The van der Waals surface area contributed by atoms with Crippen LogP contribution in [0.25, 0.3) is 0 Å². The summed E-state index contributed by atoms with van der Waals surface area (Å²) in [6.45, 7) is 2.12. The zero-order chi connectivity index (χ0) is 13.8. The van der Waals surface area contributed by atoms with Gasteiger partial charge in [-0.05, 0) is 18.8 Å². The predicted octanol–water partition coefficient (Wildman–Crippen LogP) is 0.503. The highest BCUT2D eigenvalue weighted by Gasteiger charge is 2.28. The first-order valence-corrected chi connectivity index (χ1v) is 6.31. The highest BCUT2D eigenvalue weighted by Crippen LogP contribution is 2.25. The van der Waals surface area contributed by atoms with Crippen LogP contribution in [-0.4, -0.2) is 39.2 Å². The number of urea groups is 1. The van der Waals surface area contributed by atoms with Crippen LogP contribution in [0.15, 0.2) is 12.5 Å². The van der Waals surface area contributed by atoms with Crippen molar-refractivity contribution in [2.24, 2.45) is 5.92 Å². The number of hydrogen-bond acceptors (Lipinski definition) is 3. The Kier molecular flexibility index (Phi) is 4.03. The van der Waals surface area contributed by atoms with Crippen molar-refractivity contribution in [1.82, 2.24) is 20.6 Å². The second kappa shape index (κ2) is 5.73. The van der Waals surface area contributed by atoms with Crippen LogP contribution in [0.2, 0.25) is 0 Å². The molecule has 2 amide bonds. The molecule has 0 bridgehead atoms. The number of hydrogen-bond donors (Lipinski definition) is 4. The summed E-state index contributed by atoms with van der Waals surface area (Å²) >= 11 is 0. The van der Waals surface area contributed by atoms with E-state index in [4.69, 9.17) is 5.11 Å². The van der Waals surface area contributed by atoms with Gasteiger partial charge in [0.1, 0.15) is 6.04 Å². The normalized spacial score (nSPS) is 23.2. The third kappa shape index (κ3) is 3.70. The van der Waals surface area contributed by atoms with Crippen molar-refractivity contribution in [3.8, 4) is 0 Å². The van der Waals surface area contributed by atoms with E-state index in [9.17, 15) is 9.59 Å². The van der Waals surface area contributed by atoms with E-state index in [1.807, 2.05) is 0 Å². The molecule has 0 aliphatic heterocycles. The van der Waals surface area contributed by atoms with Crippen LogP contribution in [0.5, 0.6) is 0 Å². The van der Waals surface area contributed by atoms with Gasteiger partial charge in [0.25, 0.3) is 0 Å². The number of rotatable bonds is 5. The molecule has 1 aromatic heterocycles. The highest BCUT2D eigenvalue weighted by atomic mass is 16.4. The van der Waals surface area contributed by atoms with Crippen molar-refractivity contribution in [2.45, 2.75) is 38.3 Å². The van der Waals surface area contributed by atoms with Crippen molar-refractivity contribution >= 4 is 12.0 Å². The lowest BCUT2D eigenvalue weighted by Crippen LogP contribution is -2.52. The Morgan fingerprint density at radius 2 is 2.32 bits per heavy atom. The van der Waals surface area contributed by atoms with Crippen molar-refractivity contribution in [3.63, 3.8) is 0 Å². The predicted molar refractivity (Wildman–Crippen MR) is 67.6 cm³/mol. The van der Waals surface area contributed by atoms with Crippen LogP contribution in [0, 0.1) is 5.92 Å². The summed E-state index contributed by atoms with van der Waals surface area (Å²) in [5.41, 5.74) is 0.671. The van der Waals surface area contributed by atoms with E-state index in [1.54, 1.807) is 6.20 Å². The van der Waals surface area contributed by atoms with E-state index < -0.39 is 18.0 Å². The number of nitrogens with zero attached hydrogens (tertiary/aromatic N) is 1. The molecule has 0 spiro atoms. The molecule has 104 valence electrons. The molecule has 1 atom stereocenters. The second-order valence-electron chi connectivity index (χ2n) is 5.06. The third-order valence-electron chi connectivity index (χ3n) is 3.29. The van der Waals surface area contributed by atoms with E-state index in [2.05, 4.69) is 27.5 Å². The minimum absolute atomic E-state index is 0.164. The van der Waals surface area contributed by atoms with Crippen molar-refractivity contribution in [1.29, 1.82) is 0 Å². The van der Waals surface area contributed by atoms with Gasteiger partial charge in [0, 0.05) is 24.4 Å². The number of imidazole rings is 1. The van der Waals surface area contributed by atoms with Crippen LogP contribution in [0.1, 0.15) is 25.5 Å². The van der Waals surface area contributed by atoms with Gasteiger partial charge in [-0.15, -0.1) is 0 Å². The number of aromatic nitrogens is 2. The van der Waals surface area contributed by atoms with Crippen LogP contribution < -0.4 is 10.6 Å². The molecule has 1 aliphatic carbocycles. The molecule has 1 aromatic rings. The summed E-state index contributed by atoms with van der Waals surface area (Å²) in [5.74, 6) is -0.433. The fourth-order valence-electron chi connectivity index (χ4n) is 2.22. The molecule has 1 saturated carbocycles. The Labute approximate surface area is 110 Å². The van der Waals surface area contributed by atoms with Gasteiger partial charge < -0.3 is 20.7 Å². The van der Waals surface area contributed by atoms with Crippen molar-refractivity contribution < 1.29 is 14.7 Å². The van der Waals surface area contributed by atoms with Gasteiger partial charge in [0.15, 0.2) is 0 Å². The average Bonchev–Trinajstić information content (AvgIpc) is 2.78. The van der Waals surface area contributed by atoms with E-state index in [1.165, 1.54) is 6.33 Å². The van der Waals surface area contributed by atoms with Crippen LogP contribution in [0.4, 0.5) is 4.79 Å². The molecule has 1 unspecified atom stereocenters. The standard InChI is InChI=1S/C12H18N4O3/c1-7-2-8(3-7)15-12(19)16-10(11(17)18)4-9-5-13-6-14-9/h5-8,10H,2-4H2,1H3,(H,13,14)(H,17,18)(H2,15,16,19). The lowest BCUT2D eigenvalue weighted by molar-refractivity contribution is -0.139. The zero-order valence-corrected chi connectivity index (χ0v) is 10.7. The fourth-order valence-corrected chi connectivity index (χ4v) is 2.22. The maximum Gasteiger partial charge on any atom is 0.326 e. The van der Waals surface area contributed by atoms with E-state index in [0.717, 1.165) is 12.8 Å². The molecule has 0 saturated heterocycles.